The number of nitrogens with one attached hydrogen (secondary N) is 1. The molecule has 25 heavy (non-hydrogen) atoms. The fourth-order valence-electron chi connectivity index (χ4n) is 3.56. The van der Waals surface area contributed by atoms with Gasteiger partial charge in [0.2, 0.25) is 11.8 Å². The van der Waals surface area contributed by atoms with E-state index in [1.165, 1.54) is 27.8 Å². The number of carbonyl (C=O) groups excluding carboxylic acids is 2. The lowest BCUT2D eigenvalue weighted by atomic mass is 9.79. The van der Waals surface area contributed by atoms with Gasteiger partial charge in [0.1, 0.15) is 12.6 Å². The van der Waals surface area contributed by atoms with Gasteiger partial charge in [0.15, 0.2) is 0 Å². The summed E-state index contributed by atoms with van der Waals surface area (Å²) in [6.45, 7) is -0.0726. The first kappa shape index (κ1) is 17.8. The number of hydrogen-bond donors (Lipinski definition) is 2. The molecule has 1 aliphatic carbocycles. The molecule has 2 N–H and O–H groups in total. The Balaban J connectivity index is 1.63. The van der Waals surface area contributed by atoms with Crippen LogP contribution in [-0.4, -0.2) is 52.0 Å². The molecular formula is C18H22N2O4S. The van der Waals surface area contributed by atoms with Crippen LogP contribution in [-0.2, 0) is 20.8 Å². The normalized spacial score (nSPS) is 20.9. The van der Waals surface area contributed by atoms with Crippen molar-refractivity contribution in [3.05, 3.63) is 35.4 Å². The zero-order valence-corrected chi connectivity index (χ0v) is 14.8. The third kappa shape index (κ3) is 4.34. The molecule has 1 heterocycles. The number of carboxylic acid groups (broad SMARTS) is 1. The van der Waals surface area contributed by atoms with Crippen LogP contribution < -0.4 is 5.32 Å². The Hall–Kier alpha value is -2.02. The number of benzene rings is 1. The van der Waals surface area contributed by atoms with Crippen LogP contribution >= 0.6 is 11.8 Å². The van der Waals surface area contributed by atoms with Crippen molar-refractivity contribution in [2.24, 2.45) is 0 Å². The molecule has 134 valence electrons. The summed E-state index contributed by atoms with van der Waals surface area (Å²) in [5.74, 6) is -0.511. The molecule has 0 aromatic heterocycles. The largest absolute Gasteiger partial charge is 0.480 e. The topological polar surface area (TPSA) is 86.7 Å². The Morgan fingerprint density at radius 2 is 2.16 bits per heavy atom. The first-order valence-electron chi connectivity index (χ1n) is 8.50. The van der Waals surface area contributed by atoms with Gasteiger partial charge >= 0.3 is 5.97 Å². The van der Waals surface area contributed by atoms with Crippen molar-refractivity contribution in [2.75, 3.05) is 18.2 Å². The van der Waals surface area contributed by atoms with Gasteiger partial charge in [-0.25, -0.2) is 4.79 Å². The predicted octanol–water partition coefficient (Wildman–Crippen LogP) is 1.60. The van der Waals surface area contributed by atoms with E-state index in [4.69, 9.17) is 0 Å². The Bertz CT molecular complexity index is 679. The lowest BCUT2D eigenvalue weighted by molar-refractivity contribution is -0.142. The third-order valence-electron chi connectivity index (χ3n) is 4.81. The number of carbonyl (C=O) groups is 3. The highest BCUT2D eigenvalue weighted by molar-refractivity contribution is 8.00. The van der Waals surface area contributed by atoms with Crippen LogP contribution in [0.2, 0.25) is 0 Å². The fraction of sp³-hybridized carbons (Fsp3) is 0.500. The molecule has 2 aliphatic rings. The SMILES string of the molecule is O=C(CN1CSCC1=O)NC(CC1CCCc2ccccc21)C(=O)O. The lowest BCUT2D eigenvalue weighted by Gasteiger charge is -2.28. The number of fused-ring (bicyclic) bond motifs is 1. The monoisotopic (exact) mass is 362 g/mol. The molecule has 1 saturated heterocycles. The van der Waals surface area contributed by atoms with E-state index in [0.29, 0.717) is 18.1 Å². The minimum absolute atomic E-state index is 0.0726. The first-order valence-corrected chi connectivity index (χ1v) is 9.65. The number of aliphatic carboxylic acids is 1. The van der Waals surface area contributed by atoms with Crippen molar-refractivity contribution in [3.63, 3.8) is 0 Å². The van der Waals surface area contributed by atoms with Crippen molar-refractivity contribution < 1.29 is 19.5 Å². The molecule has 2 amide bonds. The molecule has 3 rings (SSSR count). The zero-order chi connectivity index (χ0) is 17.8. The summed E-state index contributed by atoms with van der Waals surface area (Å²) in [5, 5.41) is 12.1. The van der Waals surface area contributed by atoms with Gasteiger partial charge < -0.3 is 15.3 Å². The van der Waals surface area contributed by atoms with Gasteiger partial charge in [-0.2, -0.15) is 0 Å². The van der Waals surface area contributed by atoms with Crippen LogP contribution in [0, 0.1) is 0 Å². The number of nitrogens with zero attached hydrogens (tertiary/aromatic N) is 1. The van der Waals surface area contributed by atoms with Gasteiger partial charge in [-0.1, -0.05) is 24.3 Å². The number of carboxylic acids is 1. The predicted molar refractivity (Wildman–Crippen MR) is 95.3 cm³/mol. The van der Waals surface area contributed by atoms with Crippen molar-refractivity contribution in [1.82, 2.24) is 10.2 Å². The van der Waals surface area contributed by atoms with E-state index in [1.807, 2.05) is 12.1 Å². The maximum absolute atomic E-state index is 12.2. The molecule has 1 aliphatic heterocycles. The van der Waals surface area contributed by atoms with Crippen molar-refractivity contribution >= 4 is 29.5 Å². The second kappa shape index (κ2) is 7.91. The second-order valence-corrected chi connectivity index (χ2v) is 7.51. The fourth-order valence-corrected chi connectivity index (χ4v) is 4.46. The van der Waals surface area contributed by atoms with E-state index in [0.717, 1.165) is 19.3 Å². The van der Waals surface area contributed by atoms with E-state index >= 15 is 0 Å². The molecule has 1 fully saturated rings. The summed E-state index contributed by atoms with van der Waals surface area (Å²) in [5.41, 5.74) is 2.47. The van der Waals surface area contributed by atoms with Crippen LogP contribution in [0.15, 0.2) is 24.3 Å². The minimum Gasteiger partial charge on any atom is -0.480 e. The molecule has 0 saturated carbocycles. The average molecular weight is 362 g/mol. The van der Waals surface area contributed by atoms with Crippen molar-refractivity contribution in [1.29, 1.82) is 0 Å². The smallest absolute Gasteiger partial charge is 0.326 e. The second-order valence-electron chi connectivity index (χ2n) is 6.55. The summed E-state index contributed by atoms with van der Waals surface area (Å²) in [4.78, 5) is 36.8. The number of thioether (sulfide) groups is 1. The summed E-state index contributed by atoms with van der Waals surface area (Å²) < 4.78 is 0. The Morgan fingerprint density at radius 3 is 2.88 bits per heavy atom. The van der Waals surface area contributed by atoms with Gasteiger partial charge in [-0.15, -0.1) is 11.8 Å². The van der Waals surface area contributed by atoms with Gasteiger partial charge in [0.25, 0.3) is 0 Å². The van der Waals surface area contributed by atoms with Crippen molar-refractivity contribution in [2.45, 2.75) is 37.6 Å². The molecule has 2 unspecified atom stereocenters. The maximum Gasteiger partial charge on any atom is 0.326 e. The van der Waals surface area contributed by atoms with Crippen LogP contribution in [0.4, 0.5) is 0 Å². The Labute approximate surface area is 151 Å². The number of rotatable bonds is 6. The molecule has 2 atom stereocenters. The number of amides is 2. The third-order valence-corrected chi connectivity index (χ3v) is 5.75. The molecule has 0 bridgehead atoms. The van der Waals surface area contributed by atoms with Crippen LogP contribution in [0.3, 0.4) is 0 Å². The van der Waals surface area contributed by atoms with Gasteiger partial charge in [-0.3, -0.25) is 9.59 Å². The first-order chi connectivity index (χ1) is 12.0. The number of hydrogen-bond acceptors (Lipinski definition) is 4. The van der Waals surface area contributed by atoms with Crippen LogP contribution in [0.5, 0.6) is 0 Å². The minimum atomic E-state index is -1.03. The Morgan fingerprint density at radius 1 is 1.36 bits per heavy atom. The van der Waals surface area contributed by atoms with E-state index in [1.54, 1.807) is 0 Å². The van der Waals surface area contributed by atoms with Crippen LogP contribution in [0.25, 0.3) is 0 Å². The zero-order valence-electron chi connectivity index (χ0n) is 13.9. The number of aryl methyl sites for hydroxylation is 1. The summed E-state index contributed by atoms with van der Waals surface area (Å²) in [7, 11) is 0. The van der Waals surface area contributed by atoms with Crippen LogP contribution in [0.1, 0.15) is 36.3 Å². The summed E-state index contributed by atoms with van der Waals surface area (Å²) in [6, 6.07) is 7.19. The molecule has 0 spiro atoms. The van der Waals surface area contributed by atoms with E-state index in [-0.39, 0.29) is 18.4 Å². The van der Waals surface area contributed by atoms with E-state index in [9.17, 15) is 19.5 Å². The quantitative estimate of drug-likeness (QED) is 0.803. The highest BCUT2D eigenvalue weighted by Crippen LogP contribution is 2.34. The maximum atomic E-state index is 12.2. The molecule has 0 radical (unpaired) electrons. The Kier molecular flexibility index (Phi) is 5.63. The molecule has 1 aromatic carbocycles. The van der Waals surface area contributed by atoms with Gasteiger partial charge in [0.05, 0.1) is 11.6 Å². The van der Waals surface area contributed by atoms with Gasteiger partial charge in [-0.05, 0) is 42.7 Å². The van der Waals surface area contributed by atoms with Gasteiger partial charge in [0, 0.05) is 0 Å². The molecule has 6 nitrogen and oxygen atoms in total. The highest BCUT2D eigenvalue weighted by Gasteiger charge is 2.29. The highest BCUT2D eigenvalue weighted by atomic mass is 32.2. The van der Waals surface area contributed by atoms with E-state index < -0.39 is 17.9 Å². The average Bonchev–Trinajstić information content (AvgIpc) is 2.99. The lowest BCUT2D eigenvalue weighted by Crippen LogP contribution is -2.46. The summed E-state index contributed by atoms with van der Waals surface area (Å²) >= 11 is 1.46. The standard InChI is InChI=1S/C18H22N2O4S/c21-16(9-20-11-25-10-17(20)22)19-15(18(23)24)8-13-6-3-5-12-4-1-2-7-14(12)13/h1-2,4,7,13,15H,3,5-6,8-11H2,(H,19,21)(H,23,24). The molecule has 1 aromatic rings. The molecular weight excluding hydrogens is 340 g/mol. The summed E-state index contributed by atoms with van der Waals surface area (Å²) in [6.07, 6.45) is 3.35. The van der Waals surface area contributed by atoms with Crippen molar-refractivity contribution in [3.8, 4) is 0 Å². The van der Waals surface area contributed by atoms with E-state index in [2.05, 4.69) is 17.4 Å². The molecule has 7 heteroatoms.